The predicted molar refractivity (Wildman–Crippen MR) is 106 cm³/mol. The number of carbonyl (C=O) groups excluding carboxylic acids is 2. The quantitative estimate of drug-likeness (QED) is 0.876. The normalized spacial score (nSPS) is 15.5. The third kappa shape index (κ3) is 4.69. The van der Waals surface area contributed by atoms with E-state index in [1.54, 1.807) is 6.26 Å². The van der Waals surface area contributed by atoms with Gasteiger partial charge in [-0.15, -0.1) is 0 Å². The van der Waals surface area contributed by atoms with Gasteiger partial charge >= 0.3 is 0 Å². The molecule has 27 heavy (non-hydrogen) atoms. The fraction of sp³-hybridized carbons (Fsp3) is 0.524. The highest BCUT2D eigenvalue weighted by Crippen LogP contribution is 2.25. The summed E-state index contributed by atoms with van der Waals surface area (Å²) in [7, 11) is 0. The molecule has 0 radical (unpaired) electrons. The van der Waals surface area contributed by atoms with Crippen molar-refractivity contribution in [3.8, 4) is 0 Å². The van der Waals surface area contributed by atoms with E-state index < -0.39 is 0 Å². The number of benzene rings is 1. The average molecular weight is 371 g/mol. The van der Waals surface area contributed by atoms with E-state index in [0.717, 1.165) is 29.6 Å². The third-order valence-electron chi connectivity index (χ3n) is 5.15. The summed E-state index contributed by atoms with van der Waals surface area (Å²) in [6.07, 6.45) is 2.05. The molecule has 2 aromatic rings. The number of furan rings is 1. The third-order valence-corrected chi connectivity index (χ3v) is 5.15. The zero-order chi connectivity index (χ0) is 19.6. The molecule has 0 saturated carbocycles. The standard InChI is InChI=1S/C21H29N3O3/c1-14(2)22-20(25)12-23-5-7-24(8-6-23)21(26)11-17-13-27-19-10-16(4)15(3)9-18(17)19/h9-10,13-14H,5-8,11-12H2,1-4H3,(H,22,25). The van der Waals surface area contributed by atoms with Crippen LogP contribution in [-0.2, 0) is 16.0 Å². The molecule has 6 heteroatoms. The van der Waals surface area contributed by atoms with Gasteiger partial charge in [0.1, 0.15) is 5.58 Å². The van der Waals surface area contributed by atoms with Gasteiger partial charge in [-0.05, 0) is 51.0 Å². The molecule has 1 N–H and O–H groups in total. The van der Waals surface area contributed by atoms with Gasteiger partial charge in [0, 0.05) is 43.2 Å². The van der Waals surface area contributed by atoms with Crippen LogP contribution in [0, 0.1) is 13.8 Å². The first-order chi connectivity index (χ1) is 12.8. The fourth-order valence-electron chi connectivity index (χ4n) is 3.47. The van der Waals surface area contributed by atoms with Crippen molar-refractivity contribution < 1.29 is 14.0 Å². The Kier molecular flexibility index (Phi) is 5.85. The van der Waals surface area contributed by atoms with E-state index in [0.29, 0.717) is 26.1 Å². The summed E-state index contributed by atoms with van der Waals surface area (Å²) in [5.41, 5.74) is 4.16. The Labute approximate surface area is 160 Å². The molecule has 2 amide bonds. The van der Waals surface area contributed by atoms with Crippen molar-refractivity contribution in [2.75, 3.05) is 32.7 Å². The van der Waals surface area contributed by atoms with Crippen molar-refractivity contribution in [2.45, 2.75) is 40.2 Å². The Bertz CT molecular complexity index is 833. The predicted octanol–water partition coefficient (Wildman–Crippen LogP) is 2.26. The van der Waals surface area contributed by atoms with Crippen LogP contribution in [0.2, 0.25) is 0 Å². The highest BCUT2D eigenvalue weighted by molar-refractivity contribution is 5.88. The van der Waals surface area contributed by atoms with Gasteiger partial charge in [-0.25, -0.2) is 0 Å². The number of nitrogens with zero attached hydrogens (tertiary/aromatic N) is 2. The Morgan fingerprint density at radius 2 is 1.78 bits per heavy atom. The lowest BCUT2D eigenvalue weighted by atomic mass is 10.0. The van der Waals surface area contributed by atoms with E-state index in [9.17, 15) is 9.59 Å². The van der Waals surface area contributed by atoms with E-state index in [1.807, 2.05) is 24.8 Å². The van der Waals surface area contributed by atoms with Gasteiger partial charge in [0.05, 0.1) is 19.2 Å². The minimum Gasteiger partial charge on any atom is -0.464 e. The Morgan fingerprint density at radius 3 is 2.44 bits per heavy atom. The molecule has 1 aromatic carbocycles. The van der Waals surface area contributed by atoms with Crippen LogP contribution in [0.4, 0.5) is 0 Å². The minimum absolute atomic E-state index is 0.0420. The average Bonchev–Trinajstić information content (AvgIpc) is 2.97. The number of piperazine rings is 1. The number of hydrogen-bond acceptors (Lipinski definition) is 4. The zero-order valence-electron chi connectivity index (χ0n) is 16.7. The monoisotopic (exact) mass is 371 g/mol. The molecule has 146 valence electrons. The first-order valence-electron chi connectivity index (χ1n) is 9.60. The molecule has 1 aromatic heterocycles. The van der Waals surface area contributed by atoms with Crippen LogP contribution in [-0.4, -0.2) is 60.4 Å². The van der Waals surface area contributed by atoms with Gasteiger partial charge in [0.15, 0.2) is 0 Å². The van der Waals surface area contributed by atoms with E-state index >= 15 is 0 Å². The van der Waals surface area contributed by atoms with E-state index in [1.165, 1.54) is 11.1 Å². The van der Waals surface area contributed by atoms with E-state index in [2.05, 4.69) is 30.1 Å². The molecule has 2 heterocycles. The van der Waals surface area contributed by atoms with Crippen LogP contribution in [0.1, 0.15) is 30.5 Å². The highest BCUT2D eigenvalue weighted by atomic mass is 16.3. The van der Waals surface area contributed by atoms with Gasteiger partial charge < -0.3 is 14.6 Å². The Morgan fingerprint density at radius 1 is 1.11 bits per heavy atom. The van der Waals surface area contributed by atoms with Crippen LogP contribution in [0.25, 0.3) is 11.0 Å². The fourth-order valence-corrected chi connectivity index (χ4v) is 3.47. The molecule has 1 fully saturated rings. The second-order valence-corrected chi connectivity index (χ2v) is 7.75. The van der Waals surface area contributed by atoms with Crippen molar-refractivity contribution in [3.05, 3.63) is 35.1 Å². The van der Waals surface area contributed by atoms with Crippen LogP contribution in [0.5, 0.6) is 0 Å². The molecule has 1 aliphatic heterocycles. The number of hydrogen-bond donors (Lipinski definition) is 1. The first kappa shape index (κ1) is 19.4. The molecular formula is C21H29N3O3. The van der Waals surface area contributed by atoms with Crippen molar-refractivity contribution in [2.24, 2.45) is 0 Å². The molecule has 3 rings (SSSR count). The number of amides is 2. The Hall–Kier alpha value is -2.34. The molecule has 0 aliphatic carbocycles. The van der Waals surface area contributed by atoms with E-state index in [-0.39, 0.29) is 17.9 Å². The summed E-state index contributed by atoms with van der Waals surface area (Å²) < 4.78 is 5.64. The summed E-state index contributed by atoms with van der Waals surface area (Å²) in [5.74, 6) is 0.155. The van der Waals surface area contributed by atoms with Crippen LogP contribution in [0.3, 0.4) is 0 Å². The van der Waals surface area contributed by atoms with Crippen molar-refractivity contribution in [1.82, 2.24) is 15.1 Å². The summed E-state index contributed by atoms with van der Waals surface area (Å²) in [5, 5.41) is 3.93. The molecule has 1 saturated heterocycles. The van der Waals surface area contributed by atoms with Crippen LogP contribution in [0.15, 0.2) is 22.8 Å². The molecule has 0 atom stereocenters. The minimum atomic E-state index is 0.0420. The van der Waals surface area contributed by atoms with Gasteiger partial charge in [0.25, 0.3) is 0 Å². The molecular weight excluding hydrogens is 342 g/mol. The Balaban J connectivity index is 1.56. The lowest BCUT2D eigenvalue weighted by Crippen LogP contribution is -2.51. The van der Waals surface area contributed by atoms with Crippen molar-refractivity contribution >= 4 is 22.8 Å². The number of carbonyl (C=O) groups is 2. The number of rotatable bonds is 5. The maximum absolute atomic E-state index is 12.7. The maximum Gasteiger partial charge on any atom is 0.234 e. The molecule has 1 aliphatic rings. The smallest absolute Gasteiger partial charge is 0.234 e. The number of aryl methyl sites for hydroxylation is 2. The van der Waals surface area contributed by atoms with Crippen LogP contribution < -0.4 is 5.32 Å². The first-order valence-corrected chi connectivity index (χ1v) is 9.60. The topological polar surface area (TPSA) is 65.8 Å². The summed E-state index contributed by atoms with van der Waals surface area (Å²) in [4.78, 5) is 28.6. The molecule has 6 nitrogen and oxygen atoms in total. The van der Waals surface area contributed by atoms with Crippen molar-refractivity contribution in [1.29, 1.82) is 0 Å². The maximum atomic E-state index is 12.7. The van der Waals surface area contributed by atoms with Crippen LogP contribution >= 0.6 is 0 Å². The highest BCUT2D eigenvalue weighted by Gasteiger charge is 2.23. The number of nitrogens with one attached hydrogen (secondary N) is 1. The molecule has 0 unspecified atom stereocenters. The van der Waals surface area contributed by atoms with E-state index in [4.69, 9.17) is 4.42 Å². The number of fused-ring (bicyclic) bond motifs is 1. The lowest BCUT2D eigenvalue weighted by Gasteiger charge is -2.34. The SMILES string of the molecule is Cc1cc2occ(CC(=O)N3CCN(CC(=O)NC(C)C)CC3)c2cc1C. The second-order valence-electron chi connectivity index (χ2n) is 7.75. The zero-order valence-corrected chi connectivity index (χ0v) is 16.7. The lowest BCUT2D eigenvalue weighted by molar-refractivity contribution is -0.132. The summed E-state index contributed by atoms with van der Waals surface area (Å²) in [6.45, 7) is 11.2. The largest absolute Gasteiger partial charge is 0.464 e. The molecule has 0 bridgehead atoms. The van der Waals surface area contributed by atoms with Gasteiger partial charge in [-0.1, -0.05) is 0 Å². The summed E-state index contributed by atoms with van der Waals surface area (Å²) in [6, 6.07) is 4.28. The van der Waals surface area contributed by atoms with Crippen molar-refractivity contribution in [3.63, 3.8) is 0 Å². The van der Waals surface area contributed by atoms with Gasteiger partial charge in [-0.2, -0.15) is 0 Å². The summed E-state index contributed by atoms with van der Waals surface area (Å²) >= 11 is 0. The second kappa shape index (κ2) is 8.13. The molecule has 0 spiro atoms. The van der Waals surface area contributed by atoms with Gasteiger partial charge in [0.2, 0.25) is 11.8 Å². The van der Waals surface area contributed by atoms with Gasteiger partial charge in [-0.3, -0.25) is 14.5 Å².